The van der Waals surface area contributed by atoms with Crippen molar-refractivity contribution in [1.29, 1.82) is 0 Å². The number of nitrogens with two attached hydrogens (primary N) is 1. The van der Waals surface area contributed by atoms with Crippen LogP contribution in [-0.2, 0) is 4.74 Å². The number of rotatable bonds is 7. The number of aromatic amines is 1. The van der Waals surface area contributed by atoms with Crippen LogP contribution in [0.15, 0.2) is 12.4 Å². The van der Waals surface area contributed by atoms with Crippen LogP contribution in [0.4, 0.5) is 0 Å². The van der Waals surface area contributed by atoms with Crippen LogP contribution in [0.5, 0.6) is 0 Å². The molecule has 6 nitrogen and oxygen atoms in total. The van der Waals surface area contributed by atoms with Crippen LogP contribution in [0.3, 0.4) is 0 Å². The second kappa shape index (κ2) is 6.97. The van der Waals surface area contributed by atoms with Crippen molar-refractivity contribution in [3.63, 3.8) is 0 Å². The number of ether oxygens (including phenoxy) is 1. The topological polar surface area (TPSA) is 84.2 Å². The Bertz CT molecular complexity index is 366. The monoisotopic (exact) mass is 256 g/mol. The molecule has 0 aromatic carbocycles. The van der Waals surface area contributed by atoms with Gasteiger partial charge in [-0.2, -0.15) is 5.10 Å². The quantitative estimate of drug-likeness (QED) is 0.680. The maximum Gasteiger partial charge on any atom is 0.257 e. The van der Waals surface area contributed by atoms with E-state index in [0.29, 0.717) is 36.7 Å². The van der Waals surface area contributed by atoms with Crippen molar-refractivity contribution < 1.29 is 9.53 Å². The zero-order valence-electron chi connectivity index (χ0n) is 9.68. The van der Waals surface area contributed by atoms with Gasteiger partial charge in [-0.1, -0.05) is 12.2 Å². The van der Waals surface area contributed by atoms with E-state index in [1.807, 2.05) is 0 Å². The van der Waals surface area contributed by atoms with Crippen molar-refractivity contribution in [2.24, 2.45) is 5.73 Å². The molecule has 0 atom stereocenters. The Kier molecular flexibility index (Phi) is 5.58. The smallest absolute Gasteiger partial charge is 0.257 e. The van der Waals surface area contributed by atoms with Gasteiger partial charge in [0.15, 0.2) is 0 Å². The van der Waals surface area contributed by atoms with Gasteiger partial charge in [0.25, 0.3) is 5.91 Å². The van der Waals surface area contributed by atoms with Gasteiger partial charge in [-0.3, -0.25) is 9.89 Å². The lowest BCUT2D eigenvalue weighted by atomic mass is 10.3. The van der Waals surface area contributed by atoms with Crippen molar-refractivity contribution in [3.8, 4) is 0 Å². The van der Waals surface area contributed by atoms with E-state index in [1.165, 1.54) is 6.20 Å². The predicted molar refractivity (Wildman–Crippen MR) is 67.8 cm³/mol. The van der Waals surface area contributed by atoms with Crippen molar-refractivity contribution in [2.45, 2.75) is 6.42 Å². The normalized spacial score (nSPS) is 10.2. The first-order valence-corrected chi connectivity index (χ1v) is 5.61. The summed E-state index contributed by atoms with van der Waals surface area (Å²) in [6.45, 7) is 1.47. The molecule has 3 N–H and O–H groups in total. The molecule has 0 saturated heterocycles. The van der Waals surface area contributed by atoms with Gasteiger partial charge >= 0.3 is 0 Å². The van der Waals surface area contributed by atoms with E-state index in [-0.39, 0.29) is 5.91 Å². The Morgan fingerprint density at radius 2 is 2.41 bits per heavy atom. The number of thiocarbonyl (C=S) groups is 1. The second-order valence-electron chi connectivity index (χ2n) is 3.49. The van der Waals surface area contributed by atoms with Crippen molar-refractivity contribution in [2.75, 3.05) is 26.8 Å². The molecule has 1 rings (SSSR count). The van der Waals surface area contributed by atoms with Crippen LogP contribution in [0.1, 0.15) is 16.8 Å². The molecule has 0 fully saturated rings. The van der Waals surface area contributed by atoms with E-state index < -0.39 is 0 Å². The number of nitrogens with one attached hydrogen (secondary N) is 1. The molecule has 0 aliphatic rings. The number of carbonyl (C=O) groups excluding carboxylic acids is 1. The Hall–Kier alpha value is -1.47. The standard InChI is InChI=1S/C10H16N4O2S/c1-16-5-4-14(3-2-9(11)17)10(15)8-6-12-13-7-8/h6-7H,2-5H2,1H3,(H2,11,17)(H,12,13). The molecule has 0 aliphatic heterocycles. The lowest BCUT2D eigenvalue weighted by Crippen LogP contribution is -2.36. The van der Waals surface area contributed by atoms with Gasteiger partial charge in [0.05, 0.1) is 23.4 Å². The van der Waals surface area contributed by atoms with Crippen LogP contribution < -0.4 is 5.73 Å². The zero-order valence-corrected chi connectivity index (χ0v) is 10.5. The van der Waals surface area contributed by atoms with Crippen molar-refractivity contribution in [1.82, 2.24) is 15.1 Å². The van der Waals surface area contributed by atoms with Crippen molar-refractivity contribution in [3.05, 3.63) is 18.0 Å². The highest BCUT2D eigenvalue weighted by Crippen LogP contribution is 2.03. The lowest BCUT2D eigenvalue weighted by Gasteiger charge is -2.21. The molecule has 0 spiro atoms. The molecule has 0 radical (unpaired) electrons. The minimum atomic E-state index is -0.105. The second-order valence-corrected chi connectivity index (χ2v) is 4.01. The van der Waals surface area contributed by atoms with E-state index >= 15 is 0 Å². The summed E-state index contributed by atoms with van der Waals surface area (Å²) in [5.41, 5.74) is 5.95. The lowest BCUT2D eigenvalue weighted by molar-refractivity contribution is 0.0701. The average Bonchev–Trinajstić information content (AvgIpc) is 2.81. The molecular weight excluding hydrogens is 240 g/mol. The highest BCUT2D eigenvalue weighted by atomic mass is 32.1. The van der Waals surface area contributed by atoms with Gasteiger partial charge in [-0.05, 0) is 0 Å². The highest BCUT2D eigenvalue weighted by Gasteiger charge is 2.16. The fraction of sp³-hybridized carbons (Fsp3) is 0.500. The van der Waals surface area contributed by atoms with E-state index in [4.69, 9.17) is 22.7 Å². The molecule has 1 amide bonds. The summed E-state index contributed by atoms with van der Waals surface area (Å²) in [6, 6.07) is 0. The molecule has 94 valence electrons. The fourth-order valence-corrected chi connectivity index (χ4v) is 1.40. The van der Waals surface area contributed by atoms with Gasteiger partial charge in [0, 0.05) is 32.8 Å². The summed E-state index contributed by atoms with van der Waals surface area (Å²) < 4.78 is 4.97. The Morgan fingerprint density at radius 3 is 2.94 bits per heavy atom. The number of aromatic nitrogens is 2. The highest BCUT2D eigenvalue weighted by molar-refractivity contribution is 7.80. The Morgan fingerprint density at radius 1 is 1.65 bits per heavy atom. The number of hydrogen-bond donors (Lipinski definition) is 2. The molecule has 1 heterocycles. The predicted octanol–water partition coefficient (Wildman–Crippen LogP) is 0.175. The Labute approximate surface area is 105 Å². The van der Waals surface area contributed by atoms with Gasteiger partial charge in [-0.15, -0.1) is 0 Å². The van der Waals surface area contributed by atoms with Crippen LogP contribution in [0.25, 0.3) is 0 Å². The third-order valence-corrected chi connectivity index (χ3v) is 2.43. The van der Waals surface area contributed by atoms with Gasteiger partial charge < -0.3 is 15.4 Å². The number of amides is 1. The molecule has 0 bridgehead atoms. The SMILES string of the molecule is COCCN(CCC(N)=S)C(=O)c1cn[nH]c1. The third-order valence-electron chi connectivity index (χ3n) is 2.23. The minimum Gasteiger partial charge on any atom is -0.393 e. The van der Waals surface area contributed by atoms with Crippen LogP contribution in [0, 0.1) is 0 Å². The number of nitrogens with zero attached hydrogens (tertiary/aromatic N) is 2. The first-order valence-electron chi connectivity index (χ1n) is 5.20. The van der Waals surface area contributed by atoms with Crippen LogP contribution >= 0.6 is 12.2 Å². The summed E-state index contributed by atoms with van der Waals surface area (Å²) in [4.78, 5) is 14.1. The fourth-order valence-electron chi connectivity index (χ4n) is 1.31. The molecule has 7 heteroatoms. The molecule has 0 unspecified atom stereocenters. The number of hydrogen-bond acceptors (Lipinski definition) is 4. The number of carbonyl (C=O) groups is 1. The third kappa shape index (κ3) is 4.49. The molecule has 17 heavy (non-hydrogen) atoms. The zero-order chi connectivity index (χ0) is 12.7. The molecule has 1 aromatic heterocycles. The van der Waals surface area contributed by atoms with Gasteiger partial charge in [-0.25, -0.2) is 0 Å². The van der Waals surface area contributed by atoms with Crippen molar-refractivity contribution >= 4 is 23.1 Å². The molecular formula is C10H16N4O2S. The summed E-state index contributed by atoms with van der Waals surface area (Å²) in [7, 11) is 1.59. The average molecular weight is 256 g/mol. The molecule has 1 aromatic rings. The van der Waals surface area contributed by atoms with Crippen LogP contribution in [0.2, 0.25) is 0 Å². The largest absolute Gasteiger partial charge is 0.393 e. The first-order chi connectivity index (χ1) is 8.15. The summed E-state index contributed by atoms with van der Waals surface area (Å²) in [5, 5.41) is 6.35. The Balaban J connectivity index is 2.61. The maximum absolute atomic E-state index is 12.1. The van der Waals surface area contributed by atoms with E-state index in [2.05, 4.69) is 10.2 Å². The summed E-state index contributed by atoms with van der Waals surface area (Å²) in [5.74, 6) is -0.105. The minimum absolute atomic E-state index is 0.105. The van der Waals surface area contributed by atoms with E-state index in [1.54, 1.807) is 18.2 Å². The van der Waals surface area contributed by atoms with Gasteiger partial charge in [0.2, 0.25) is 0 Å². The van der Waals surface area contributed by atoms with Gasteiger partial charge in [0.1, 0.15) is 0 Å². The maximum atomic E-state index is 12.1. The molecule has 0 saturated carbocycles. The summed E-state index contributed by atoms with van der Waals surface area (Å²) >= 11 is 4.80. The number of H-pyrrole nitrogens is 1. The molecule has 0 aliphatic carbocycles. The van der Waals surface area contributed by atoms with Crippen LogP contribution in [-0.4, -0.2) is 52.8 Å². The summed E-state index contributed by atoms with van der Waals surface area (Å²) in [6.07, 6.45) is 3.55. The number of methoxy groups -OCH3 is 1. The van der Waals surface area contributed by atoms with E-state index in [0.717, 1.165) is 0 Å². The van der Waals surface area contributed by atoms with E-state index in [9.17, 15) is 4.79 Å². The first kappa shape index (κ1) is 13.6.